The third-order valence-electron chi connectivity index (χ3n) is 3.27. The zero-order chi connectivity index (χ0) is 13.1. The SMILES string of the molecule is CC(C#N)N1CCN(C(=O)c2ccn(C)n2)CC1. The van der Waals surface area contributed by atoms with Crippen LogP contribution in [0, 0.1) is 11.3 Å². The lowest BCUT2D eigenvalue weighted by molar-refractivity contribution is 0.0609. The second-order valence-electron chi connectivity index (χ2n) is 4.51. The number of rotatable bonds is 2. The first-order valence-electron chi connectivity index (χ1n) is 6.04. The number of hydrogen-bond donors (Lipinski definition) is 0. The summed E-state index contributed by atoms with van der Waals surface area (Å²) in [6.45, 7) is 4.68. The fourth-order valence-corrected chi connectivity index (χ4v) is 2.09. The quantitative estimate of drug-likeness (QED) is 0.743. The van der Waals surface area contributed by atoms with E-state index in [0.29, 0.717) is 18.8 Å². The Kier molecular flexibility index (Phi) is 3.63. The van der Waals surface area contributed by atoms with Crippen LogP contribution in [0.1, 0.15) is 17.4 Å². The molecule has 96 valence electrons. The van der Waals surface area contributed by atoms with Crippen LogP contribution in [-0.2, 0) is 7.05 Å². The van der Waals surface area contributed by atoms with Crippen LogP contribution in [0.5, 0.6) is 0 Å². The van der Waals surface area contributed by atoms with Crippen molar-refractivity contribution in [3.8, 4) is 6.07 Å². The molecule has 1 aliphatic rings. The lowest BCUT2D eigenvalue weighted by Crippen LogP contribution is -2.51. The van der Waals surface area contributed by atoms with Crippen molar-refractivity contribution in [1.82, 2.24) is 19.6 Å². The van der Waals surface area contributed by atoms with Crippen molar-refractivity contribution < 1.29 is 4.79 Å². The highest BCUT2D eigenvalue weighted by atomic mass is 16.2. The molecule has 6 nitrogen and oxygen atoms in total. The number of carbonyl (C=O) groups excluding carboxylic acids is 1. The summed E-state index contributed by atoms with van der Waals surface area (Å²) in [7, 11) is 1.79. The molecule has 2 heterocycles. The Morgan fingerprint density at radius 3 is 2.61 bits per heavy atom. The molecule has 2 rings (SSSR count). The molecule has 0 aromatic carbocycles. The maximum atomic E-state index is 12.1. The van der Waals surface area contributed by atoms with Crippen LogP contribution in [0.4, 0.5) is 0 Å². The zero-order valence-corrected chi connectivity index (χ0v) is 10.7. The third-order valence-corrected chi connectivity index (χ3v) is 3.27. The number of aryl methyl sites for hydroxylation is 1. The van der Waals surface area contributed by atoms with E-state index < -0.39 is 0 Å². The minimum absolute atomic E-state index is 0.0279. The first kappa shape index (κ1) is 12.6. The lowest BCUT2D eigenvalue weighted by Gasteiger charge is -2.35. The van der Waals surface area contributed by atoms with Gasteiger partial charge < -0.3 is 4.90 Å². The van der Waals surface area contributed by atoms with E-state index in [1.54, 1.807) is 28.9 Å². The van der Waals surface area contributed by atoms with Gasteiger partial charge in [0.1, 0.15) is 5.69 Å². The summed E-state index contributed by atoms with van der Waals surface area (Å²) in [4.78, 5) is 16.0. The summed E-state index contributed by atoms with van der Waals surface area (Å²) in [5.41, 5.74) is 0.485. The van der Waals surface area contributed by atoms with Gasteiger partial charge in [-0.15, -0.1) is 0 Å². The van der Waals surface area contributed by atoms with Gasteiger partial charge in [-0.25, -0.2) is 0 Å². The first-order valence-corrected chi connectivity index (χ1v) is 6.04. The summed E-state index contributed by atoms with van der Waals surface area (Å²) in [6.07, 6.45) is 1.77. The highest BCUT2D eigenvalue weighted by Crippen LogP contribution is 2.09. The van der Waals surface area contributed by atoms with E-state index in [0.717, 1.165) is 13.1 Å². The minimum Gasteiger partial charge on any atom is -0.335 e. The lowest BCUT2D eigenvalue weighted by atomic mass is 10.2. The topological polar surface area (TPSA) is 65.2 Å². The second-order valence-corrected chi connectivity index (χ2v) is 4.51. The van der Waals surface area contributed by atoms with E-state index >= 15 is 0 Å². The Hall–Kier alpha value is -1.87. The van der Waals surface area contributed by atoms with Gasteiger partial charge in [-0.05, 0) is 13.0 Å². The molecule has 0 spiro atoms. The summed E-state index contributed by atoms with van der Waals surface area (Å²) < 4.78 is 1.63. The Morgan fingerprint density at radius 2 is 2.11 bits per heavy atom. The van der Waals surface area contributed by atoms with E-state index in [9.17, 15) is 4.79 Å². The smallest absolute Gasteiger partial charge is 0.274 e. The molecule has 1 aliphatic heterocycles. The number of carbonyl (C=O) groups is 1. The Bertz CT molecular complexity index is 467. The van der Waals surface area contributed by atoms with E-state index in [2.05, 4.69) is 16.1 Å². The van der Waals surface area contributed by atoms with Crippen LogP contribution in [0.2, 0.25) is 0 Å². The van der Waals surface area contributed by atoms with Gasteiger partial charge in [-0.3, -0.25) is 14.4 Å². The van der Waals surface area contributed by atoms with Gasteiger partial charge >= 0.3 is 0 Å². The van der Waals surface area contributed by atoms with Gasteiger partial charge in [0.2, 0.25) is 0 Å². The molecule has 0 saturated carbocycles. The Labute approximate surface area is 106 Å². The van der Waals surface area contributed by atoms with E-state index in [1.165, 1.54) is 0 Å². The van der Waals surface area contributed by atoms with Crippen molar-refractivity contribution >= 4 is 5.91 Å². The molecule has 1 atom stereocenters. The number of hydrogen-bond acceptors (Lipinski definition) is 4. The number of amides is 1. The van der Waals surface area contributed by atoms with Gasteiger partial charge in [0, 0.05) is 39.4 Å². The maximum absolute atomic E-state index is 12.1. The predicted octanol–water partition coefficient (Wildman–Crippen LogP) is 0.0900. The van der Waals surface area contributed by atoms with Crippen LogP contribution in [-0.4, -0.2) is 57.7 Å². The van der Waals surface area contributed by atoms with Gasteiger partial charge in [0.25, 0.3) is 5.91 Å². The Balaban J connectivity index is 1.94. The summed E-state index contributed by atoms with van der Waals surface area (Å²) in [5.74, 6) is -0.0279. The van der Waals surface area contributed by atoms with E-state index in [4.69, 9.17) is 5.26 Å². The molecule has 0 radical (unpaired) electrons. The number of nitriles is 1. The molecule has 18 heavy (non-hydrogen) atoms. The summed E-state index contributed by atoms with van der Waals surface area (Å²) in [5, 5.41) is 13.0. The van der Waals surface area contributed by atoms with E-state index in [1.807, 2.05) is 6.92 Å². The maximum Gasteiger partial charge on any atom is 0.274 e. The van der Waals surface area contributed by atoms with E-state index in [-0.39, 0.29) is 11.9 Å². The third kappa shape index (κ3) is 2.51. The zero-order valence-electron chi connectivity index (χ0n) is 10.7. The fraction of sp³-hybridized carbons (Fsp3) is 0.583. The van der Waals surface area contributed by atoms with Gasteiger partial charge in [0.15, 0.2) is 0 Å². The standard InChI is InChI=1S/C12H17N5O/c1-10(9-13)16-5-7-17(8-6-16)12(18)11-3-4-15(2)14-11/h3-4,10H,5-8H2,1-2H3. The van der Waals surface area contributed by atoms with Crippen molar-refractivity contribution in [2.24, 2.45) is 7.05 Å². The summed E-state index contributed by atoms with van der Waals surface area (Å²) in [6, 6.07) is 3.86. The molecular formula is C12H17N5O. The van der Waals surface area contributed by atoms with Crippen LogP contribution in [0.3, 0.4) is 0 Å². The van der Waals surface area contributed by atoms with Crippen LogP contribution >= 0.6 is 0 Å². The molecule has 0 bridgehead atoms. The molecule has 1 aromatic heterocycles. The highest BCUT2D eigenvalue weighted by molar-refractivity contribution is 5.92. The molecular weight excluding hydrogens is 230 g/mol. The minimum atomic E-state index is -0.0860. The van der Waals surface area contributed by atoms with Crippen molar-refractivity contribution in [3.05, 3.63) is 18.0 Å². The van der Waals surface area contributed by atoms with Crippen LogP contribution in [0.15, 0.2) is 12.3 Å². The van der Waals surface area contributed by atoms with Gasteiger partial charge in [0.05, 0.1) is 12.1 Å². The molecule has 0 N–H and O–H groups in total. The van der Waals surface area contributed by atoms with Crippen molar-refractivity contribution in [2.45, 2.75) is 13.0 Å². The van der Waals surface area contributed by atoms with Crippen molar-refractivity contribution in [2.75, 3.05) is 26.2 Å². The molecule has 1 amide bonds. The monoisotopic (exact) mass is 247 g/mol. The fourth-order valence-electron chi connectivity index (χ4n) is 2.09. The molecule has 1 aromatic rings. The van der Waals surface area contributed by atoms with Crippen molar-refractivity contribution in [1.29, 1.82) is 5.26 Å². The largest absolute Gasteiger partial charge is 0.335 e. The number of piperazine rings is 1. The van der Waals surface area contributed by atoms with Crippen LogP contribution < -0.4 is 0 Å². The predicted molar refractivity (Wildman–Crippen MR) is 65.8 cm³/mol. The Morgan fingerprint density at radius 1 is 1.44 bits per heavy atom. The average Bonchev–Trinajstić information content (AvgIpc) is 2.84. The van der Waals surface area contributed by atoms with Crippen molar-refractivity contribution in [3.63, 3.8) is 0 Å². The molecule has 6 heteroatoms. The highest BCUT2D eigenvalue weighted by Gasteiger charge is 2.25. The normalized spacial score (nSPS) is 18.4. The molecule has 1 unspecified atom stereocenters. The number of aromatic nitrogens is 2. The molecule has 0 aliphatic carbocycles. The van der Waals surface area contributed by atoms with Crippen LogP contribution in [0.25, 0.3) is 0 Å². The number of nitrogens with zero attached hydrogens (tertiary/aromatic N) is 5. The average molecular weight is 247 g/mol. The molecule has 1 saturated heterocycles. The van der Waals surface area contributed by atoms with Gasteiger partial charge in [-0.1, -0.05) is 0 Å². The second kappa shape index (κ2) is 5.19. The van der Waals surface area contributed by atoms with Gasteiger partial charge in [-0.2, -0.15) is 10.4 Å². The summed E-state index contributed by atoms with van der Waals surface area (Å²) >= 11 is 0. The first-order chi connectivity index (χ1) is 8.61. The molecule has 1 fully saturated rings.